The summed E-state index contributed by atoms with van der Waals surface area (Å²) in [6.45, 7) is 6.16. The predicted octanol–water partition coefficient (Wildman–Crippen LogP) is 3.58. The highest BCUT2D eigenvalue weighted by Gasteiger charge is 2.50. The molecule has 0 radical (unpaired) electrons. The van der Waals surface area contributed by atoms with Crippen molar-refractivity contribution in [2.45, 2.75) is 39.7 Å². The van der Waals surface area contributed by atoms with Gasteiger partial charge in [-0.05, 0) is 45.2 Å². The minimum Gasteiger partial charge on any atom is -0.481 e. The van der Waals surface area contributed by atoms with E-state index in [0.29, 0.717) is 35.1 Å². The van der Waals surface area contributed by atoms with E-state index in [0.717, 1.165) is 11.1 Å². The number of amides is 1. The Bertz CT molecular complexity index is 1110. The molecule has 1 amide bonds. The smallest absolute Gasteiger partial charge is 0.311 e. The zero-order valence-electron chi connectivity index (χ0n) is 16.8. The SMILES string of the molecule is Cc1ccccc1-c1cc(C(=O)NCC2(C(=O)O)CC2)c2cnn(C(C)C)c2n1. The zero-order chi connectivity index (χ0) is 20.8. The molecule has 1 saturated carbocycles. The molecule has 0 atom stereocenters. The Morgan fingerprint density at radius 2 is 2.00 bits per heavy atom. The molecule has 1 aliphatic rings. The van der Waals surface area contributed by atoms with Gasteiger partial charge in [0.2, 0.25) is 0 Å². The van der Waals surface area contributed by atoms with E-state index in [9.17, 15) is 14.7 Å². The number of hydrogen-bond donors (Lipinski definition) is 2. The molecule has 4 rings (SSSR count). The van der Waals surface area contributed by atoms with Crippen LogP contribution >= 0.6 is 0 Å². The van der Waals surface area contributed by atoms with E-state index in [1.54, 1.807) is 16.9 Å². The first-order valence-electron chi connectivity index (χ1n) is 9.78. The number of carbonyl (C=O) groups excluding carboxylic acids is 1. The number of rotatable bonds is 6. The van der Waals surface area contributed by atoms with Gasteiger partial charge >= 0.3 is 5.97 Å². The van der Waals surface area contributed by atoms with Crippen molar-refractivity contribution in [3.05, 3.63) is 47.7 Å². The van der Waals surface area contributed by atoms with Crippen molar-refractivity contribution in [1.82, 2.24) is 20.1 Å². The van der Waals surface area contributed by atoms with Crippen molar-refractivity contribution < 1.29 is 14.7 Å². The fourth-order valence-electron chi connectivity index (χ4n) is 3.54. The lowest BCUT2D eigenvalue weighted by atomic mass is 10.0. The predicted molar refractivity (Wildman–Crippen MR) is 110 cm³/mol. The third-order valence-corrected chi connectivity index (χ3v) is 5.62. The summed E-state index contributed by atoms with van der Waals surface area (Å²) in [4.78, 5) is 29.3. The van der Waals surface area contributed by atoms with Gasteiger partial charge in [0.25, 0.3) is 5.91 Å². The number of aliphatic carboxylic acids is 1. The van der Waals surface area contributed by atoms with Crippen LogP contribution < -0.4 is 5.32 Å². The Kier molecular flexibility index (Phi) is 4.61. The number of fused-ring (bicyclic) bond motifs is 1. The van der Waals surface area contributed by atoms with Crippen molar-refractivity contribution in [2.75, 3.05) is 6.54 Å². The summed E-state index contributed by atoms with van der Waals surface area (Å²) in [6.07, 6.45) is 2.84. The van der Waals surface area contributed by atoms with Crippen molar-refractivity contribution in [3.63, 3.8) is 0 Å². The van der Waals surface area contributed by atoms with Gasteiger partial charge in [-0.2, -0.15) is 5.10 Å². The van der Waals surface area contributed by atoms with E-state index in [-0.39, 0.29) is 18.5 Å². The summed E-state index contributed by atoms with van der Waals surface area (Å²) in [7, 11) is 0. The number of aromatic nitrogens is 3. The average Bonchev–Trinajstić information content (AvgIpc) is 3.37. The van der Waals surface area contributed by atoms with Gasteiger partial charge in [-0.15, -0.1) is 0 Å². The van der Waals surface area contributed by atoms with Gasteiger partial charge in [0.05, 0.1) is 28.3 Å². The van der Waals surface area contributed by atoms with Crippen LogP contribution in [0.1, 0.15) is 48.7 Å². The van der Waals surface area contributed by atoms with Crippen LogP contribution in [0.2, 0.25) is 0 Å². The first-order chi connectivity index (χ1) is 13.8. The fourth-order valence-corrected chi connectivity index (χ4v) is 3.54. The molecule has 1 aliphatic carbocycles. The largest absolute Gasteiger partial charge is 0.481 e. The number of carboxylic acids is 1. The Morgan fingerprint density at radius 3 is 2.62 bits per heavy atom. The Balaban J connectivity index is 1.79. The molecular formula is C22H24N4O3. The van der Waals surface area contributed by atoms with Crippen molar-refractivity contribution in [2.24, 2.45) is 5.41 Å². The number of aryl methyl sites for hydroxylation is 1. The second-order valence-electron chi connectivity index (χ2n) is 8.06. The van der Waals surface area contributed by atoms with Crippen molar-refractivity contribution in [3.8, 4) is 11.3 Å². The highest BCUT2D eigenvalue weighted by Crippen LogP contribution is 2.45. The van der Waals surface area contributed by atoms with E-state index in [2.05, 4.69) is 10.4 Å². The van der Waals surface area contributed by atoms with Crippen molar-refractivity contribution in [1.29, 1.82) is 0 Å². The summed E-state index contributed by atoms with van der Waals surface area (Å²) >= 11 is 0. The third-order valence-electron chi connectivity index (χ3n) is 5.62. The lowest BCUT2D eigenvalue weighted by Crippen LogP contribution is -2.34. The maximum atomic E-state index is 13.0. The minimum absolute atomic E-state index is 0.0878. The number of carbonyl (C=O) groups is 2. The summed E-state index contributed by atoms with van der Waals surface area (Å²) in [5.74, 6) is -1.16. The van der Waals surface area contributed by atoms with Crippen molar-refractivity contribution >= 4 is 22.9 Å². The second-order valence-corrected chi connectivity index (χ2v) is 8.06. The summed E-state index contributed by atoms with van der Waals surface area (Å²) in [5, 5.41) is 17.3. The maximum absolute atomic E-state index is 13.0. The third kappa shape index (κ3) is 3.37. The van der Waals surface area contributed by atoms with Gasteiger partial charge in [-0.25, -0.2) is 9.67 Å². The molecule has 150 valence electrons. The zero-order valence-corrected chi connectivity index (χ0v) is 16.8. The van der Waals surface area contributed by atoms with Crippen LogP contribution in [-0.2, 0) is 4.79 Å². The standard InChI is InChI=1S/C22H24N4O3/c1-13(2)26-19-17(11-24-26)16(20(27)23-12-22(8-9-22)21(28)29)10-18(25-19)15-7-5-4-6-14(15)3/h4-7,10-11,13H,8-9,12H2,1-3H3,(H,23,27)(H,28,29). The molecule has 2 aromatic heterocycles. The average molecular weight is 392 g/mol. The first kappa shape index (κ1) is 19.1. The van der Waals surface area contributed by atoms with Crippen LogP contribution in [0.25, 0.3) is 22.3 Å². The van der Waals surface area contributed by atoms with E-state index in [4.69, 9.17) is 4.98 Å². The van der Waals surface area contributed by atoms with Crippen LogP contribution in [0.5, 0.6) is 0 Å². The van der Waals surface area contributed by atoms with Crippen LogP contribution in [0.3, 0.4) is 0 Å². The van der Waals surface area contributed by atoms with Crippen LogP contribution in [0, 0.1) is 12.3 Å². The van der Waals surface area contributed by atoms with E-state index in [1.165, 1.54) is 0 Å². The molecule has 0 unspecified atom stereocenters. The van der Waals surface area contributed by atoms with Gasteiger partial charge < -0.3 is 10.4 Å². The maximum Gasteiger partial charge on any atom is 0.311 e. The molecule has 2 N–H and O–H groups in total. The van der Waals surface area contributed by atoms with Gasteiger partial charge in [0.15, 0.2) is 5.65 Å². The molecule has 0 bridgehead atoms. The lowest BCUT2D eigenvalue weighted by molar-refractivity contribution is -0.143. The summed E-state index contributed by atoms with van der Waals surface area (Å²) in [5.41, 5.74) is 2.99. The second kappa shape index (κ2) is 6.99. The summed E-state index contributed by atoms with van der Waals surface area (Å²) < 4.78 is 1.80. The molecule has 2 heterocycles. The van der Waals surface area contributed by atoms with Crippen LogP contribution in [-0.4, -0.2) is 38.3 Å². The number of hydrogen-bond acceptors (Lipinski definition) is 4. The number of pyridine rings is 1. The molecule has 1 aromatic carbocycles. The molecule has 1 fully saturated rings. The highest BCUT2D eigenvalue weighted by atomic mass is 16.4. The minimum atomic E-state index is -0.856. The Morgan fingerprint density at radius 1 is 1.28 bits per heavy atom. The van der Waals surface area contributed by atoms with Gasteiger partial charge in [0.1, 0.15) is 0 Å². The number of benzene rings is 1. The van der Waals surface area contributed by atoms with Crippen LogP contribution in [0.4, 0.5) is 0 Å². The highest BCUT2D eigenvalue weighted by molar-refractivity contribution is 6.06. The number of nitrogens with zero attached hydrogens (tertiary/aromatic N) is 3. The quantitative estimate of drug-likeness (QED) is 0.668. The Hall–Kier alpha value is -3.22. The first-order valence-corrected chi connectivity index (χ1v) is 9.78. The van der Waals surface area contributed by atoms with Gasteiger partial charge in [-0.1, -0.05) is 24.3 Å². The van der Waals surface area contributed by atoms with Gasteiger partial charge in [-0.3, -0.25) is 9.59 Å². The van der Waals surface area contributed by atoms with E-state index >= 15 is 0 Å². The molecule has 0 saturated heterocycles. The van der Waals surface area contributed by atoms with Gasteiger partial charge in [0, 0.05) is 18.2 Å². The normalized spacial score (nSPS) is 14.9. The van der Waals surface area contributed by atoms with E-state index in [1.807, 2.05) is 45.0 Å². The fraction of sp³-hybridized carbons (Fsp3) is 0.364. The number of nitrogens with one attached hydrogen (secondary N) is 1. The summed E-state index contributed by atoms with van der Waals surface area (Å²) in [6, 6.07) is 9.74. The molecular weight excluding hydrogens is 368 g/mol. The molecule has 7 heteroatoms. The number of carboxylic acid groups (broad SMARTS) is 1. The van der Waals surface area contributed by atoms with E-state index < -0.39 is 11.4 Å². The topological polar surface area (TPSA) is 97.1 Å². The molecule has 0 aliphatic heterocycles. The van der Waals surface area contributed by atoms with Crippen LogP contribution in [0.15, 0.2) is 36.5 Å². The molecule has 7 nitrogen and oxygen atoms in total. The lowest BCUT2D eigenvalue weighted by Gasteiger charge is -2.14. The molecule has 0 spiro atoms. The Labute approximate surface area is 168 Å². The monoisotopic (exact) mass is 392 g/mol. The molecule has 3 aromatic rings. The molecule has 29 heavy (non-hydrogen) atoms.